The van der Waals surface area contributed by atoms with Gasteiger partial charge in [0.15, 0.2) is 6.10 Å². The van der Waals surface area contributed by atoms with Gasteiger partial charge in [-0.1, -0.05) is 30.3 Å². The zero-order valence-corrected chi connectivity index (χ0v) is 13.6. The summed E-state index contributed by atoms with van der Waals surface area (Å²) in [6.45, 7) is 2.39. The molecule has 23 heavy (non-hydrogen) atoms. The van der Waals surface area contributed by atoms with E-state index in [9.17, 15) is 4.79 Å². The number of hydrogen-bond acceptors (Lipinski definition) is 3. The van der Waals surface area contributed by atoms with Gasteiger partial charge in [0.1, 0.15) is 11.5 Å². The van der Waals surface area contributed by atoms with Crippen LogP contribution in [0.4, 0.5) is 0 Å². The van der Waals surface area contributed by atoms with Crippen LogP contribution in [0.3, 0.4) is 0 Å². The standard InChI is InChI=1S/C19H23NO3/c1-15(23-18-12-10-17(22-2)11-13-18)19(21)20-14-6-9-16-7-4-3-5-8-16/h3-5,7-8,10-13,15H,6,9,14H2,1-2H3,(H,20,21). The first-order chi connectivity index (χ1) is 11.2. The van der Waals surface area contributed by atoms with Crippen LogP contribution in [-0.4, -0.2) is 25.7 Å². The van der Waals surface area contributed by atoms with Gasteiger partial charge in [0.05, 0.1) is 7.11 Å². The molecular formula is C19H23NO3. The van der Waals surface area contributed by atoms with Crippen molar-refractivity contribution in [2.45, 2.75) is 25.9 Å². The third kappa shape index (κ3) is 5.66. The van der Waals surface area contributed by atoms with Crippen molar-refractivity contribution in [3.05, 3.63) is 60.2 Å². The van der Waals surface area contributed by atoms with E-state index >= 15 is 0 Å². The van der Waals surface area contributed by atoms with Gasteiger partial charge in [-0.3, -0.25) is 4.79 Å². The number of carbonyl (C=O) groups excluding carboxylic acids is 1. The number of nitrogens with one attached hydrogen (secondary N) is 1. The Kier molecular flexibility index (Phi) is 6.48. The van der Waals surface area contributed by atoms with E-state index in [0.717, 1.165) is 18.6 Å². The van der Waals surface area contributed by atoms with Crippen molar-refractivity contribution in [1.82, 2.24) is 5.32 Å². The molecule has 0 aliphatic carbocycles. The third-order valence-electron chi connectivity index (χ3n) is 3.53. The average molecular weight is 313 g/mol. The molecule has 0 aliphatic heterocycles. The topological polar surface area (TPSA) is 47.6 Å². The van der Waals surface area contributed by atoms with Crippen LogP contribution in [-0.2, 0) is 11.2 Å². The molecule has 0 spiro atoms. The highest BCUT2D eigenvalue weighted by Crippen LogP contribution is 2.18. The maximum atomic E-state index is 12.0. The molecule has 0 fully saturated rings. The van der Waals surface area contributed by atoms with Gasteiger partial charge >= 0.3 is 0 Å². The second kappa shape index (κ2) is 8.83. The summed E-state index contributed by atoms with van der Waals surface area (Å²) < 4.78 is 10.7. The smallest absolute Gasteiger partial charge is 0.260 e. The lowest BCUT2D eigenvalue weighted by molar-refractivity contribution is -0.127. The third-order valence-corrected chi connectivity index (χ3v) is 3.53. The Hall–Kier alpha value is -2.49. The minimum atomic E-state index is -0.528. The number of aryl methyl sites for hydroxylation is 1. The fraction of sp³-hybridized carbons (Fsp3) is 0.316. The monoisotopic (exact) mass is 313 g/mol. The van der Waals surface area contributed by atoms with Crippen molar-refractivity contribution in [2.24, 2.45) is 0 Å². The van der Waals surface area contributed by atoms with E-state index in [0.29, 0.717) is 12.3 Å². The summed E-state index contributed by atoms with van der Waals surface area (Å²) in [7, 11) is 1.61. The fourth-order valence-electron chi connectivity index (χ4n) is 2.20. The molecule has 0 saturated heterocycles. The minimum absolute atomic E-state index is 0.103. The Labute approximate surface area is 137 Å². The Bertz CT molecular complexity index is 596. The number of hydrogen-bond donors (Lipinski definition) is 1. The largest absolute Gasteiger partial charge is 0.497 e. The highest BCUT2D eigenvalue weighted by atomic mass is 16.5. The van der Waals surface area contributed by atoms with Crippen molar-refractivity contribution < 1.29 is 14.3 Å². The van der Waals surface area contributed by atoms with E-state index in [2.05, 4.69) is 17.4 Å². The highest BCUT2D eigenvalue weighted by molar-refractivity contribution is 5.80. The van der Waals surface area contributed by atoms with E-state index in [1.165, 1.54) is 5.56 Å². The second-order valence-electron chi connectivity index (χ2n) is 5.32. The minimum Gasteiger partial charge on any atom is -0.497 e. The summed E-state index contributed by atoms with van der Waals surface area (Å²) in [5.74, 6) is 1.31. The summed E-state index contributed by atoms with van der Waals surface area (Å²) in [6, 6.07) is 17.4. The molecule has 2 rings (SSSR count). The van der Waals surface area contributed by atoms with E-state index in [-0.39, 0.29) is 5.91 Å². The molecule has 1 unspecified atom stereocenters. The number of carbonyl (C=O) groups is 1. The predicted molar refractivity (Wildman–Crippen MR) is 90.9 cm³/mol. The molecule has 0 saturated carbocycles. The number of benzene rings is 2. The number of ether oxygens (including phenoxy) is 2. The van der Waals surface area contributed by atoms with Crippen molar-refractivity contribution in [3.8, 4) is 11.5 Å². The van der Waals surface area contributed by atoms with E-state index in [4.69, 9.17) is 9.47 Å². The summed E-state index contributed by atoms with van der Waals surface area (Å²) in [4.78, 5) is 12.0. The molecule has 0 aliphatic rings. The van der Waals surface area contributed by atoms with Crippen molar-refractivity contribution in [3.63, 3.8) is 0 Å². The van der Waals surface area contributed by atoms with Crippen LogP contribution < -0.4 is 14.8 Å². The van der Waals surface area contributed by atoms with Crippen molar-refractivity contribution in [2.75, 3.05) is 13.7 Å². The summed E-state index contributed by atoms with van der Waals surface area (Å²) in [5, 5.41) is 2.91. The Morgan fingerprint density at radius 1 is 1.04 bits per heavy atom. The van der Waals surface area contributed by atoms with Crippen LogP contribution >= 0.6 is 0 Å². The molecule has 0 radical (unpaired) electrons. The van der Waals surface area contributed by atoms with Gasteiger partial charge in [-0.2, -0.15) is 0 Å². The van der Waals surface area contributed by atoms with Gasteiger partial charge in [0.2, 0.25) is 0 Å². The first-order valence-corrected chi connectivity index (χ1v) is 7.81. The summed E-state index contributed by atoms with van der Waals surface area (Å²) in [5.41, 5.74) is 1.28. The van der Waals surface area contributed by atoms with Gasteiger partial charge in [0.25, 0.3) is 5.91 Å². The molecule has 1 amide bonds. The van der Waals surface area contributed by atoms with Gasteiger partial charge in [-0.05, 0) is 49.6 Å². The molecular weight excluding hydrogens is 290 g/mol. The second-order valence-corrected chi connectivity index (χ2v) is 5.32. The van der Waals surface area contributed by atoms with E-state index < -0.39 is 6.10 Å². The molecule has 0 aromatic heterocycles. The SMILES string of the molecule is COc1ccc(OC(C)C(=O)NCCCc2ccccc2)cc1. The van der Waals surface area contributed by atoms with Crippen LogP contribution in [0.2, 0.25) is 0 Å². The lowest BCUT2D eigenvalue weighted by atomic mass is 10.1. The van der Waals surface area contributed by atoms with Crippen LogP contribution in [0, 0.1) is 0 Å². The highest BCUT2D eigenvalue weighted by Gasteiger charge is 2.13. The number of rotatable bonds is 8. The maximum Gasteiger partial charge on any atom is 0.260 e. The van der Waals surface area contributed by atoms with Gasteiger partial charge in [0, 0.05) is 6.54 Å². The molecule has 0 heterocycles. The molecule has 0 bridgehead atoms. The quantitative estimate of drug-likeness (QED) is 0.761. The summed E-state index contributed by atoms with van der Waals surface area (Å²) >= 11 is 0. The van der Waals surface area contributed by atoms with Crippen molar-refractivity contribution >= 4 is 5.91 Å². The van der Waals surface area contributed by atoms with E-state index in [1.54, 1.807) is 38.3 Å². The fourth-order valence-corrected chi connectivity index (χ4v) is 2.20. The normalized spacial score (nSPS) is 11.6. The molecule has 2 aromatic rings. The van der Waals surface area contributed by atoms with Gasteiger partial charge < -0.3 is 14.8 Å². The van der Waals surface area contributed by atoms with Gasteiger partial charge in [-0.25, -0.2) is 0 Å². The molecule has 1 atom stereocenters. The molecule has 4 nitrogen and oxygen atoms in total. The molecule has 2 aromatic carbocycles. The van der Waals surface area contributed by atoms with Crippen LogP contribution in [0.25, 0.3) is 0 Å². The Morgan fingerprint density at radius 2 is 1.70 bits per heavy atom. The Balaban J connectivity index is 1.69. The lowest BCUT2D eigenvalue weighted by Crippen LogP contribution is -2.36. The van der Waals surface area contributed by atoms with Gasteiger partial charge in [-0.15, -0.1) is 0 Å². The molecule has 122 valence electrons. The lowest BCUT2D eigenvalue weighted by Gasteiger charge is -2.15. The first-order valence-electron chi connectivity index (χ1n) is 7.81. The number of amides is 1. The van der Waals surface area contributed by atoms with Crippen LogP contribution in [0.1, 0.15) is 18.9 Å². The van der Waals surface area contributed by atoms with Crippen molar-refractivity contribution in [1.29, 1.82) is 0 Å². The van der Waals surface area contributed by atoms with Crippen LogP contribution in [0.15, 0.2) is 54.6 Å². The molecule has 4 heteroatoms. The van der Waals surface area contributed by atoms with Crippen LogP contribution in [0.5, 0.6) is 11.5 Å². The number of methoxy groups -OCH3 is 1. The molecule has 1 N–H and O–H groups in total. The first kappa shape index (κ1) is 16.9. The zero-order chi connectivity index (χ0) is 16.5. The Morgan fingerprint density at radius 3 is 2.35 bits per heavy atom. The average Bonchev–Trinajstić information content (AvgIpc) is 2.60. The predicted octanol–water partition coefficient (Wildman–Crippen LogP) is 3.21. The van der Waals surface area contributed by atoms with E-state index in [1.807, 2.05) is 18.2 Å². The summed E-state index contributed by atoms with van der Waals surface area (Å²) in [6.07, 6.45) is 1.33. The zero-order valence-electron chi connectivity index (χ0n) is 13.6. The maximum absolute atomic E-state index is 12.0.